The second kappa shape index (κ2) is 8.41. The fourth-order valence-corrected chi connectivity index (χ4v) is 2.44. The molecule has 4 nitrogen and oxygen atoms in total. The van der Waals surface area contributed by atoms with Crippen molar-refractivity contribution in [2.24, 2.45) is 0 Å². The molecule has 0 heterocycles. The zero-order chi connectivity index (χ0) is 16.8. The van der Waals surface area contributed by atoms with Gasteiger partial charge in [0, 0.05) is 17.1 Å². The molecule has 0 aliphatic carbocycles. The minimum atomic E-state index is -0.926. The average Bonchev–Trinajstić information content (AvgIpc) is 2.49. The maximum Gasteiger partial charge on any atom is 0.317 e. The normalized spacial score (nSPS) is 10.6. The van der Waals surface area contributed by atoms with Crippen LogP contribution in [0.2, 0.25) is 15.1 Å². The molecule has 2 N–H and O–H groups in total. The summed E-state index contributed by atoms with van der Waals surface area (Å²) >= 11 is 17.8. The third-order valence-corrected chi connectivity index (χ3v) is 3.97. The van der Waals surface area contributed by atoms with Crippen LogP contribution >= 0.6 is 34.8 Å². The number of nitrogens with one attached hydrogen (secondary N) is 1. The highest BCUT2D eigenvalue weighted by Gasteiger charge is 2.07. The van der Waals surface area contributed by atoms with Crippen LogP contribution in [0, 0.1) is 0 Å². The lowest BCUT2D eigenvalue weighted by atomic mass is 10.2. The van der Waals surface area contributed by atoms with Gasteiger partial charge in [0.2, 0.25) is 0 Å². The first-order chi connectivity index (χ1) is 11.0. The van der Waals surface area contributed by atoms with Crippen LogP contribution in [0.1, 0.15) is 11.1 Å². The minimum Gasteiger partial charge on any atom is -0.489 e. The summed E-state index contributed by atoms with van der Waals surface area (Å²) in [5.41, 5.74) is 1.65. The molecule has 0 spiro atoms. The van der Waals surface area contributed by atoms with Crippen molar-refractivity contribution in [1.82, 2.24) is 5.32 Å². The van der Waals surface area contributed by atoms with E-state index < -0.39 is 5.97 Å². The van der Waals surface area contributed by atoms with Crippen molar-refractivity contribution in [3.63, 3.8) is 0 Å². The highest BCUT2D eigenvalue weighted by atomic mass is 35.5. The average molecular weight is 375 g/mol. The summed E-state index contributed by atoms with van der Waals surface area (Å²) in [6.45, 7) is 0.507. The first-order valence-electron chi connectivity index (χ1n) is 6.73. The van der Waals surface area contributed by atoms with Crippen LogP contribution in [0.5, 0.6) is 5.75 Å². The number of hydrogen-bond donors (Lipinski definition) is 2. The molecule has 0 fully saturated rings. The Morgan fingerprint density at radius 1 is 1.09 bits per heavy atom. The number of ether oxygens (including phenoxy) is 1. The number of hydrogen-bond acceptors (Lipinski definition) is 3. The first-order valence-corrected chi connectivity index (χ1v) is 7.87. The summed E-state index contributed by atoms with van der Waals surface area (Å²) in [7, 11) is 0. The van der Waals surface area contributed by atoms with Crippen molar-refractivity contribution in [1.29, 1.82) is 0 Å². The van der Waals surface area contributed by atoms with E-state index >= 15 is 0 Å². The van der Waals surface area contributed by atoms with E-state index in [0.717, 1.165) is 11.1 Å². The Labute approximate surface area is 148 Å². The number of carbonyl (C=O) groups is 1. The Kier molecular flexibility index (Phi) is 6.54. The van der Waals surface area contributed by atoms with Crippen molar-refractivity contribution >= 4 is 40.8 Å². The van der Waals surface area contributed by atoms with E-state index in [9.17, 15) is 4.79 Å². The third kappa shape index (κ3) is 5.59. The molecule has 2 rings (SSSR count). The Bertz CT molecular complexity index is 707. The van der Waals surface area contributed by atoms with Crippen molar-refractivity contribution in [3.05, 3.63) is 62.6 Å². The second-order valence-electron chi connectivity index (χ2n) is 4.79. The molecule has 23 heavy (non-hydrogen) atoms. The Hall–Kier alpha value is -1.46. The maximum atomic E-state index is 10.6. The van der Waals surface area contributed by atoms with E-state index in [4.69, 9.17) is 44.6 Å². The number of carboxylic acid groups (broad SMARTS) is 1. The molecule has 0 aliphatic rings. The van der Waals surface area contributed by atoms with E-state index in [1.807, 2.05) is 6.07 Å². The molecule has 0 saturated carbocycles. The lowest BCUT2D eigenvalue weighted by Crippen LogP contribution is -2.22. The van der Waals surface area contributed by atoms with E-state index in [1.165, 1.54) is 0 Å². The molecule has 0 bridgehead atoms. The number of rotatable bonds is 7. The van der Waals surface area contributed by atoms with Gasteiger partial charge in [-0.3, -0.25) is 4.79 Å². The zero-order valence-corrected chi connectivity index (χ0v) is 14.3. The summed E-state index contributed by atoms with van der Waals surface area (Å²) in [5.74, 6) is -0.302. The van der Waals surface area contributed by atoms with Gasteiger partial charge in [-0.15, -0.1) is 0 Å². The van der Waals surface area contributed by atoms with E-state index in [-0.39, 0.29) is 6.54 Å². The van der Waals surface area contributed by atoms with Crippen LogP contribution in [0.3, 0.4) is 0 Å². The topological polar surface area (TPSA) is 58.6 Å². The molecule has 0 aliphatic heterocycles. The molecule has 2 aromatic rings. The van der Waals surface area contributed by atoms with Gasteiger partial charge >= 0.3 is 5.97 Å². The summed E-state index contributed by atoms with van der Waals surface area (Å²) in [6, 6.07) is 10.5. The standard InChI is InChI=1S/C16H14Cl3NO3/c17-12-2-4-15(11(6-12)7-20-8-16(21)22)23-9-10-1-3-13(18)14(19)5-10/h1-6,20H,7-9H2,(H,21,22). The molecular weight excluding hydrogens is 361 g/mol. The largest absolute Gasteiger partial charge is 0.489 e. The Morgan fingerprint density at radius 2 is 1.87 bits per heavy atom. The van der Waals surface area contributed by atoms with E-state index in [2.05, 4.69) is 5.32 Å². The van der Waals surface area contributed by atoms with Crippen LogP contribution in [0.25, 0.3) is 0 Å². The number of benzene rings is 2. The molecule has 2 aromatic carbocycles. The highest BCUT2D eigenvalue weighted by Crippen LogP contribution is 2.26. The fourth-order valence-electron chi connectivity index (χ4n) is 1.92. The van der Waals surface area contributed by atoms with Gasteiger partial charge in [0.25, 0.3) is 0 Å². The zero-order valence-electron chi connectivity index (χ0n) is 12.0. The van der Waals surface area contributed by atoms with Crippen molar-refractivity contribution in [3.8, 4) is 5.75 Å². The predicted molar refractivity (Wildman–Crippen MR) is 91.6 cm³/mol. The third-order valence-electron chi connectivity index (χ3n) is 2.99. The van der Waals surface area contributed by atoms with Gasteiger partial charge in [-0.05, 0) is 35.9 Å². The molecular formula is C16H14Cl3NO3. The number of halogens is 3. The Balaban J connectivity index is 2.06. The van der Waals surface area contributed by atoms with Crippen molar-refractivity contribution in [2.75, 3.05) is 6.54 Å². The van der Waals surface area contributed by atoms with Crippen LogP contribution in [0.4, 0.5) is 0 Å². The van der Waals surface area contributed by atoms with Gasteiger partial charge in [-0.1, -0.05) is 40.9 Å². The van der Waals surface area contributed by atoms with Gasteiger partial charge in [0.1, 0.15) is 12.4 Å². The van der Waals surface area contributed by atoms with Crippen LogP contribution in [-0.4, -0.2) is 17.6 Å². The first kappa shape index (κ1) is 17.9. The van der Waals surface area contributed by atoms with Gasteiger partial charge in [0.15, 0.2) is 0 Å². The summed E-state index contributed by atoms with van der Waals surface area (Å²) in [4.78, 5) is 10.6. The monoisotopic (exact) mass is 373 g/mol. The van der Waals surface area contributed by atoms with E-state index in [1.54, 1.807) is 30.3 Å². The SMILES string of the molecule is O=C(O)CNCc1cc(Cl)ccc1OCc1ccc(Cl)c(Cl)c1. The lowest BCUT2D eigenvalue weighted by molar-refractivity contribution is -0.136. The summed E-state index contributed by atoms with van der Waals surface area (Å²) in [6.07, 6.45) is 0. The molecule has 7 heteroatoms. The van der Waals surface area contributed by atoms with Gasteiger partial charge in [-0.2, -0.15) is 0 Å². The summed E-state index contributed by atoms with van der Waals surface area (Å²) in [5, 5.41) is 13.0. The molecule has 0 unspecified atom stereocenters. The molecule has 0 atom stereocenters. The predicted octanol–water partition coefficient (Wildman–Crippen LogP) is 4.40. The molecule has 0 aromatic heterocycles. The Morgan fingerprint density at radius 3 is 2.57 bits per heavy atom. The molecule has 0 saturated heterocycles. The van der Waals surface area contributed by atoms with Crippen molar-refractivity contribution in [2.45, 2.75) is 13.2 Å². The van der Waals surface area contributed by atoms with Crippen LogP contribution < -0.4 is 10.1 Å². The molecule has 0 amide bonds. The molecule has 122 valence electrons. The quantitative estimate of drug-likeness (QED) is 0.754. The van der Waals surface area contributed by atoms with Gasteiger partial charge < -0.3 is 15.2 Å². The second-order valence-corrected chi connectivity index (χ2v) is 6.04. The highest BCUT2D eigenvalue weighted by molar-refractivity contribution is 6.42. The van der Waals surface area contributed by atoms with E-state index in [0.29, 0.717) is 34.0 Å². The van der Waals surface area contributed by atoms with Crippen molar-refractivity contribution < 1.29 is 14.6 Å². The smallest absolute Gasteiger partial charge is 0.317 e. The number of aliphatic carboxylic acids is 1. The van der Waals surface area contributed by atoms with Crippen LogP contribution in [-0.2, 0) is 17.9 Å². The van der Waals surface area contributed by atoms with Crippen LogP contribution in [0.15, 0.2) is 36.4 Å². The molecule has 0 radical (unpaired) electrons. The van der Waals surface area contributed by atoms with Gasteiger partial charge in [0.05, 0.1) is 16.6 Å². The maximum absolute atomic E-state index is 10.6. The number of carboxylic acids is 1. The lowest BCUT2D eigenvalue weighted by Gasteiger charge is -2.13. The van der Waals surface area contributed by atoms with Gasteiger partial charge in [-0.25, -0.2) is 0 Å². The summed E-state index contributed by atoms with van der Waals surface area (Å²) < 4.78 is 5.78. The minimum absolute atomic E-state index is 0.140. The fraction of sp³-hybridized carbons (Fsp3) is 0.188.